The smallest absolute Gasteiger partial charge is 0.255 e. The number of benzene rings is 1. The lowest BCUT2D eigenvalue weighted by Gasteiger charge is -2.31. The molecule has 2 aliphatic heterocycles. The van der Waals surface area contributed by atoms with Crippen molar-refractivity contribution < 1.29 is 14.3 Å². The second-order valence-corrected chi connectivity index (χ2v) is 8.14. The maximum atomic E-state index is 12.8. The molecule has 2 aliphatic rings. The second kappa shape index (κ2) is 8.83. The molecule has 0 atom stereocenters. The van der Waals surface area contributed by atoms with Gasteiger partial charge in [0.05, 0.1) is 12.1 Å². The summed E-state index contributed by atoms with van der Waals surface area (Å²) in [6.45, 7) is 3.43. The minimum Gasteiger partial charge on any atom is -0.488 e. The van der Waals surface area contributed by atoms with Gasteiger partial charge in [0.1, 0.15) is 12.9 Å². The van der Waals surface area contributed by atoms with Crippen LogP contribution in [0.3, 0.4) is 0 Å². The molecule has 7 nitrogen and oxygen atoms in total. The summed E-state index contributed by atoms with van der Waals surface area (Å²) < 4.78 is 5.84. The molecule has 7 heteroatoms. The van der Waals surface area contributed by atoms with E-state index >= 15 is 0 Å². The van der Waals surface area contributed by atoms with E-state index in [4.69, 9.17) is 4.74 Å². The molecule has 0 aliphatic carbocycles. The maximum Gasteiger partial charge on any atom is 0.255 e. The third-order valence-electron chi connectivity index (χ3n) is 5.61. The highest BCUT2D eigenvalue weighted by molar-refractivity contribution is 5.95. The monoisotopic (exact) mass is 408 g/mol. The van der Waals surface area contributed by atoms with E-state index in [1.807, 2.05) is 47.0 Å². The zero-order valence-corrected chi connectivity index (χ0v) is 17.6. The average Bonchev–Trinajstić information content (AvgIpc) is 2.78. The Morgan fingerprint density at radius 3 is 2.70 bits per heavy atom. The van der Waals surface area contributed by atoms with Crippen LogP contribution in [0.4, 0.5) is 11.5 Å². The highest BCUT2D eigenvalue weighted by Crippen LogP contribution is 2.36. The topological polar surface area (TPSA) is 66.0 Å². The fourth-order valence-electron chi connectivity index (χ4n) is 4.09. The van der Waals surface area contributed by atoms with Crippen molar-refractivity contribution in [1.82, 2.24) is 14.8 Å². The number of nitrogens with zero attached hydrogens (tertiary/aromatic N) is 4. The van der Waals surface area contributed by atoms with Crippen molar-refractivity contribution in [1.29, 1.82) is 0 Å². The summed E-state index contributed by atoms with van der Waals surface area (Å²) in [7, 11) is 3.96. The van der Waals surface area contributed by atoms with Crippen molar-refractivity contribution in [2.24, 2.45) is 0 Å². The Labute approximate surface area is 177 Å². The molecule has 0 radical (unpaired) electrons. The Hall–Kier alpha value is -2.93. The number of rotatable bonds is 5. The van der Waals surface area contributed by atoms with Gasteiger partial charge in [-0.15, -0.1) is 0 Å². The van der Waals surface area contributed by atoms with Crippen LogP contribution in [0.25, 0.3) is 0 Å². The molecule has 30 heavy (non-hydrogen) atoms. The lowest BCUT2D eigenvalue weighted by Crippen LogP contribution is -2.36. The molecule has 1 amide bonds. The minimum atomic E-state index is 0.0157. The molecule has 0 saturated carbocycles. The fourth-order valence-corrected chi connectivity index (χ4v) is 4.09. The molecule has 1 fully saturated rings. The summed E-state index contributed by atoms with van der Waals surface area (Å²) in [6, 6.07) is 7.69. The second-order valence-electron chi connectivity index (χ2n) is 8.14. The first-order valence-electron chi connectivity index (χ1n) is 10.5. The number of carbonyl (C=O) groups excluding carboxylic acids is 2. The molecule has 0 unspecified atom stereocenters. The van der Waals surface area contributed by atoms with Crippen LogP contribution in [0, 0.1) is 0 Å². The summed E-state index contributed by atoms with van der Waals surface area (Å²) in [4.78, 5) is 35.0. The molecule has 1 saturated heterocycles. The molecule has 0 N–H and O–H groups in total. The third-order valence-corrected chi connectivity index (χ3v) is 5.61. The number of carbonyl (C=O) groups is 2. The summed E-state index contributed by atoms with van der Waals surface area (Å²) in [5.41, 5.74) is 3.12. The highest BCUT2D eigenvalue weighted by Gasteiger charge is 2.25. The van der Waals surface area contributed by atoms with Crippen molar-refractivity contribution >= 4 is 23.7 Å². The first-order chi connectivity index (χ1) is 14.6. The number of aldehydes is 1. The number of anilines is 2. The number of fused-ring (bicyclic) bond motifs is 1. The predicted octanol–water partition coefficient (Wildman–Crippen LogP) is 3.11. The Morgan fingerprint density at radius 1 is 1.17 bits per heavy atom. The highest BCUT2D eigenvalue weighted by atomic mass is 16.5. The van der Waals surface area contributed by atoms with E-state index in [9.17, 15) is 9.59 Å². The number of amides is 1. The average molecular weight is 409 g/mol. The van der Waals surface area contributed by atoms with Gasteiger partial charge in [-0.2, -0.15) is 0 Å². The molecule has 1 aromatic heterocycles. The predicted molar refractivity (Wildman–Crippen MR) is 116 cm³/mol. The zero-order valence-electron chi connectivity index (χ0n) is 17.6. The summed E-state index contributed by atoms with van der Waals surface area (Å²) in [5, 5.41) is 0. The van der Waals surface area contributed by atoms with Gasteiger partial charge in [0.25, 0.3) is 5.91 Å². The number of aromatic nitrogens is 1. The van der Waals surface area contributed by atoms with Crippen LogP contribution in [0.1, 0.15) is 45.5 Å². The number of hydrogen-bond donors (Lipinski definition) is 0. The molecule has 2 aromatic rings. The maximum absolute atomic E-state index is 12.8. The Kier molecular flexibility index (Phi) is 5.99. The quantitative estimate of drug-likeness (QED) is 0.709. The lowest BCUT2D eigenvalue weighted by atomic mass is 10.1. The summed E-state index contributed by atoms with van der Waals surface area (Å²) in [6.07, 6.45) is 5.82. The normalized spacial score (nSPS) is 16.2. The van der Waals surface area contributed by atoms with Crippen molar-refractivity contribution in [3.8, 4) is 5.75 Å². The van der Waals surface area contributed by atoms with Crippen LogP contribution >= 0.6 is 0 Å². The molecular formula is C23H28N4O3. The number of pyridine rings is 1. The van der Waals surface area contributed by atoms with Crippen LogP contribution in [0.5, 0.6) is 5.75 Å². The summed E-state index contributed by atoms with van der Waals surface area (Å²) in [5.74, 6) is 1.30. The van der Waals surface area contributed by atoms with E-state index in [-0.39, 0.29) is 5.91 Å². The number of hydrogen-bond acceptors (Lipinski definition) is 6. The molecule has 4 rings (SSSR count). The van der Waals surface area contributed by atoms with Crippen molar-refractivity contribution in [2.75, 3.05) is 45.2 Å². The zero-order chi connectivity index (χ0) is 21.1. The van der Waals surface area contributed by atoms with Gasteiger partial charge in [-0.1, -0.05) is 6.07 Å². The minimum absolute atomic E-state index is 0.0157. The van der Waals surface area contributed by atoms with Crippen LogP contribution in [0.15, 0.2) is 30.5 Å². The Bertz CT molecular complexity index is 938. The van der Waals surface area contributed by atoms with Gasteiger partial charge in [0.2, 0.25) is 0 Å². The van der Waals surface area contributed by atoms with Gasteiger partial charge >= 0.3 is 0 Å². The molecule has 3 heterocycles. The van der Waals surface area contributed by atoms with E-state index in [0.29, 0.717) is 42.4 Å². The Balaban J connectivity index is 1.61. The van der Waals surface area contributed by atoms with Crippen LogP contribution in [-0.2, 0) is 6.54 Å². The van der Waals surface area contributed by atoms with E-state index in [1.165, 1.54) is 6.42 Å². The van der Waals surface area contributed by atoms with Gasteiger partial charge < -0.3 is 19.4 Å². The summed E-state index contributed by atoms with van der Waals surface area (Å²) >= 11 is 0. The lowest BCUT2D eigenvalue weighted by molar-refractivity contribution is 0.0723. The van der Waals surface area contributed by atoms with Gasteiger partial charge in [-0.05, 0) is 57.1 Å². The van der Waals surface area contributed by atoms with Crippen molar-refractivity contribution in [3.63, 3.8) is 0 Å². The fraction of sp³-hybridized carbons (Fsp3) is 0.435. The molecule has 0 bridgehead atoms. The third kappa shape index (κ3) is 4.16. The first-order valence-corrected chi connectivity index (χ1v) is 10.5. The largest absolute Gasteiger partial charge is 0.488 e. The SMILES string of the molecule is CN(C)Cc1ccc(N2CCOc3cc(C(=O)N4CCCCC4)cnc32)cc1C=O. The molecular weight excluding hydrogens is 380 g/mol. The van der Waals surface area contributed by atoms with E-state index < -0.39 is 0 Å². The van der Waals surface area contributed by atoms with Crippen LogP contribution in [-0.4, -0.2) is 67.3 Å². The van der Waals surface area contributed by atoms with Crippen LogP contribution < -0.4 is 9.64 Å². The number of piperidine rings is 1. The van der Waals surface area contributed by atoms with E-state index in [1.54, 1.807) is 12.3 Å². The van der Waals surface area contributed by atoms with Gasteiger partial charge in [-0.25, -0.2) is 4.98 Å². The van der Waals surface area contributed by atoms with Crippen molar-refractivity contribution in [2.45, 2.75) is 25.8 Å². The number of likely N-dealkylation sites (tertiary alicyclic amines) is 1. The van der Waals surface area contributed by atoms with Crippen LogP contribution in [0.2, 0.25) is 0 Å². The molecule has 158 valence electrons. The first kappa shape index (κ1) is 20.3. The molecule has 1 aromatic carbocycles. The van der Waals surface area contributed by atoms with Crippen molar-refractivity contribution in [3.05, 3.63) is 47.2 Å². The Morgan fingerprint density at radius 2 is 1.97 bits per heavy atom. The van der Waals surface area contributed by atoms with E-state index in [2.05, 4.69) is 4.98 Å². The van der Waals surface area contributed by atoms with Gasteiger partial charge in [0.15, 0.2) is 11.6 Å². The standard InChI is InChI=1S/C23H28N4O3/c1-25(2)15-17-6-7-20(12-19(17)16-28)27-10-11-30-21-13-18(14-24-22(21)27)23(29)26-8-4-3-5-9-26/h6-7,12-14,16H,3-5,8-11,15H2,1-2H3. The number of ether oxygens (including phenoxy) is 1. The van der Waals surface area contributed by atoms with E-state index in [0.717, 1.165) is 43.5 Å². The van der Waals surface area contributed by atoms with Gasteiger partial charge in [-0.3, -0.25) is 9.59 Å². The van der Waals surface area contributed by atoms with Gasteiger partial charge in [0, 0.05) is 37.1 Å². The molecule has 0 spiro atoms.